The summed E-state index contributed by atoms with van der Waals surface area (Å²) in [4.78, 5) is 22.7. The lowest BCUT2D eigenvalue weighted by Crippen LogP contribution is -2.27. The van der Waals surface area contributed by atoms with Crippen molar-refractivity contribution in [3.05, 3.63) is 54.1 Å². The number of carbonyl (C=O) groups excluding carboxylic acids is 1. The van der Waals surface area contributed by atoms with Gasteiger partial charge in [-0.15, -0.1) is 18.3 Å². The molecule has 1 heterocycles. The van der Waals surface area contributed by atoms with Gasteiger partial charge in [-0.05, 0) is 55.0 Å². The normalized spacial score (nSPS) is 12.0. The van der Waals surface area contributed by atoms with Gasteiger partial charge in [0.15, 0.2) is 0 Å². The molecule has 0 bridgehead atoms. The Kier molecular flexibility index (Phi) is 9.91. The van der Waals surface area contributed by atoms with Crippen molar-refractivity contribution in [2.24, 2.45) is 0 Å². The van der Waals surface area contributed by atoms with Crippen molar-refractivity contribution in [1.82, 2.24) is 15.5 Å². The molecule has 1 unspecified atom stereocenters. The lowest BCUT2D eigenvalue weighted by Gasteiger charge is -2.19. The zero-order chi connectivity index (χ0) is 27.5. The Balaban J connectivity index is 1.56. The average Bonchev–Trinajstić information content (AvgIpc) is 3.34. The molecular formula is C25H27F3N4O6. The number of hydrogen-bond acceptors (Lipinski definition) is 8. The standard InChI is InChI=1S/C25H27F3N4O6/c1-2-3-4-19(30-18-9-5-16(6-10-18)22(35)29-14-13-21(33)34)15-36-24-32-31-23(37-24)17-7-11-20(12-8-17)38-25(26,27)28/h5-12,19,30H,2-4,13-15H2,1H3,(H,29,35)(H,33,34). The summed E-state index contributed by atoms with van der Waals surface area (Å²) in [6, 6.07) is 11.6. The summed E-state index contributed by atoms with van der Waals surface area (Å²) in [5.41, 5.74) is 1.55. The van der Waals surface area contributed by atoms with Crippen LogP contribution < -0.4 is 20.1 Å². The van der Waals surface area contributed by atoms with Gasteiger partial charge in [0.25, 0.3) is 11.8 Å². The molecule has 3 rings (SSSR count). The van der Waals surface area contributed by atoms with Gasteiger partial charge in [-0.25, -0.2) is 0 Å². The van der Waals surface area contributed by atoms with Gasteiger partial charge >= 0.3 is 18.4 Å². The zero-order valence-electron chi connectivity index (χ0n) is 20.5. The van der Waals surface area contributed by atoms with E-state index in [2.05, 4.69) is 32.5 Å². The number of aliphatic carboxylic acids is 1. The van der Waals surface area contributed by atoms with E-state index >= 15 is 0 Å². The average molecular weight is 537 g/mol. The Morgan fingerprint density at radius 2 is 1.79 bits per heavy atom. The van der Waals surface area contributed by atoms with E-state index in [1.54, 1.807) is 24.3 Å². The second kappa shape index (κ2) is 13.3. The maximum Gasteiger partial charge on any atom is 0.573 e. The van der Waals surface area contributed by atoms with Crippen molar-refractivity contribution in [2.45, 2.75) is 45.0 Å². The number of anilines is 1. The number of rotatable bonds is 14. The van der Waals surface area contributed by atoms with Crippen LogP contribution in [0.4, 0.5) is 18.9 Å². The number of aromatic nitrogens is 2. The molecule has 10 nitrogen and oxygen atoms in total. The third-order valence-electron chi connectivity index (χ3n) is 5.20. The van der Waals surface area contributed by atoms with Gasteiger partial charge in [-0.3, -0.25) is 9.59 Å². The van der Waals surface area contributed by atoms with Crippen LogP contribution >= 0.6 is 0 Å². The van der Waals surface area contributed by atoms with E-state index in [9.17, 15) is 22.8 Å². The molecule has 3 N–H and O–H groups in total. The number of benzene rings is 2. The summed E-state index contributed by atoms with van der Waals surface area (Å²) < 4.78 is 52.0. The Morgan fingerprint density at radius 1 is 1.08 bits per heavy atom. The molecule has 0 aliphatic heterocycles. The molecule has 13 heteroatoms. The Hall–Kier alpha value is -4.29. The van der Waals surface area contributed by atoms with Gasteiger partial charge in [0.1, 0.15) is 12.4 Å². The summed E-state index contributed by atoms with van der Waals surface area (Å²) in [7, 11) is 0. The highest BCUT2D eigenvalue weighted by Gasteiger charge is 2.31. The summed E-state index contributed by atoms with van der Waals surface area (Å²) in [5, 5.41) is 22.3. The number of alkyl halides is 3. The third kappa shape index (κ3) is 9.30. The fourth-order valence-corrected chi connectivity index (χ4v) is 3.34. The van der Waals surface area contributed by atoms with Crippen LogP contribution in [0.2, 0.25) is 0 Å². The van der Waals surface area contributed by atoms with Gasteiger partial charge in [-0.1, -0.05) is 24.9 Å². The maximum atomic E-state index is 12.3. The molecule has 0 radical (unpaired) electrons. The predicted molar refractivity (Wildman–Crippen MR) is 130 cm³/mol. The molecule has 2 aromatic carbocycles. The minimum Gasteiger partial charge on any atom is -0.481 e. The molecule has 1 amide bonds. The van der Waals surface area contributed by atoms with Crippen LogP contribution in [0.5, 0.6) is 11.8 Å². The number of hydrogen-bond donors (Lipinski definition) is 3. The van der Waals surface area contributed by atoms with Crippen LogP contribution in [0.3, 0.4) is 0 Å². The number of halogens is 3. The molecule has 204 valence electrons. The third-order valence-corrected chi connectivity index (χ3v) is 5.20. The number of unbranched alkanes of at least 4 members (excludes halogenated alkanes) is 1. The van der Waals surface area contributed by atoms with E-state index in [0.717, 1.165) is 37.1 Å². The molecule has 0 saturated heterocycles. The monoisotopic (exact) mass is 536 g/mol. The number of carboxylic acids is 1. The van der Waals surface area contributed by atoms with Gasteiger partial charge in [0, 0.05) is 23.4 Å². The van der Waals surface area contributed by atoms with Gasteiger partial charge < -0.3 is 29.6 Å². The molecule has 1 atom stereocenters. The van der Waals surface area contributed by atoms with Crippen LogP contribution in [-0.4, -0.2) is 52.7 Å². The Labute approximate surface area is 216 Å². The summed E-state index contributed by atoms with van der Waals surface area (Å²) in [5.74, 6) is -1.64. The van der Waals surface area contributed by atoms with Crippen molar-refractivity contribution in [3.8, 4) is 23.3 Å². The first-order chi connectivity index (χ1) is 18.1. The largest absolute Gasteiger partial charge is 0.573 e. The number of nitrogens with zero attached hydrogens (tertiary/aromatic N) is 2. The summed E-state index contributed by atoms with van der Waals surface area (Å²) in [6.07, 6.45) is -2.37. The molecule has 1 aromatic heterocycles. The maximum absolute atomic E-state index is 12.3. The molecule has 3 aromatic rings. The van der Waals surface area contributed by atoms with Crippen molar-refractivity contribution in [3.63, 3.8) is 0 Å². The Bertz CT molecular complexity index is 1180. The summed E-state index contributed by atoms with van der Waals surface area (Å²) >= 11 is 0. The van der Waals surface area contributed by atoms with E-state index in [4.69, 9.17) is 14.3 Å². The number of carbonyl (C=O) groups is 2. The van der Waals surface area contributed by atoms with Crippen molar-refractivity contribution >= 4 is 17.6 Å². The zero-order valence-corrected chi connectivity index (χ0v) is 20.5. The van der Waals surface area contributed by atoms with E-state index in [1.807, 2.05) is 0 Å². The van der Waals surface area contributed by atoms with Crippen LogP contribution in [0.25, 0.3) is 11.5 Å². The minimum atomic E-state index is -4.78. The van der Waals surface area contributed by atoms with Crippen molar-refractivity contribution in [1.29, 1.82) is 0 Å². The molecule has 0 aliphatic carbocycles. The van der Waals surface area contributed by atoms with Crippen LogP contribution in [0, 0.1) is 0 Å². The summed E-state index contributed by atoms with van der Waals surface area (Å²) in [6.45, 7) is 2.29. The number of carboxylic acid groups (broad SMARTS) is 1. The fourth-order valence-electron chi connectivity index (χ4n) is 3.34. The smallest absolute Gasteiger partial charge is 0.481 e. The molecule has 0 saturated carbocycles. The molecule has 0 fully saturated rings. The minimum absolute atomic E-state index is 0.0414. The van der Waals surface area contributed by atoms with Crippen LogP contribution in [-0.2, 0) is 4.79 Å². The highest BCUT2D eigenvalue weighted by molar-refractivity contribution is 5.94. The van der Waals surface area contributed by atoms with Gasteiger partial charge in [0.2, 0.25) is 0 Å². The second-order valence-corrected chi connectivity index (χ2v) is 8.22. The second-order valence-electron chi connectivity index (χ2n) is 8.22. The van der Waals surface area contributed by atoms with Gasteiger partial charge in [0.05, 0.1) is 12.5 Å². The number of amides is 1. The molecule has 38 heavy (non-hydrogen) atoms. The highest BCUT2D eigenvalue weighted by Crippen LogP contribution is 2.27. The molecule has 0 aliphatic rings. The first-order valence-electron chi connectivity index (χ1n) is 11.8. The lowest BCUT2D eigenvalue weighted by molar-refractivity contribution is -0.274. The van der Waals surface area contributed by atoms with E-state index in [0.29, 0.717) is 11.1 Å². The molecule has 0 spiro atoms. The van der Waals surface area contributed by atoms with Crippen LogP contribution in [0.15, 0.2) is 52.9 Å². The number of ether oxygens (including phenoxy) is 2. The van der Waals surface area contributed by atoms with Crippen LogP contribution in [0.1, 0.15) is 43.0 Å². The number of nitrogens with one attached hydrogen (secondary N) is 2. The fraction of sp³-hybridized carbons (Fsp3) is 0.360. The SMILES string of the molecule is CCCCC(COc1nnc(-c2ccc(OC(F)(F)F)cc2)o1)Nc1ccc(C(=O)NCCC(=O)O)cc1. The molecular weight excluding hydrogens is 509 g/mol. The topological polar surface area (TPSA) is 136 Å². The van der Waals surface area contributed by atoms with Crippen molar-refractivity contribution in [2.75, 3.05) is 18.5 Å². The van der Waals surface area contributed by atoms with E-state index in [1.165, 1.54) is 12.1 Å². The van der Waals surface area contributed by atoms with Gasteiger partial charge in [-0.2, -0.15) is 0 Å². The quantitative estimate of drug-likeness (QED) is 0.263. The highest BCUT2D eigenvalue weighted by atomic mass is 19.4. The first-order valence-corrected chi connectivity index (χ1v) is 11.8. The Morgan fingerprint density at radius 3 is 2.42 bits per heavy atom. The lowest BCUT2D eigenvalue weighted by atomic mass is 10.1. The van der Waals surface area contributed by atoms with E-state index in [-0.39, 0.29) is 49.2 Å². The van der Waals surface area contributed by atoms with E-state index < -0.39 is 12.3 Å². The first kappa shape index (κ1) is 28.3. The van der Waals surface area contributed by atoms with Crippen molar-refractivity contribution < 1.29 is 41.8 Å². The predicted octanol–water partition coefficient (Wildman–Crippen LogP) is 4.89.